The van der Waals surface area contributed by atoms with Gasteiger partial charge in [0.2, 0.25) is 5.95 Å². The lowest BCUT2D eigenvalue weighted by atomic mass is 9.80. The Morgan fingerprint density at radius 3 is 2.72 bits per heavy atom. The molecule has 2 aromatic rings. The van der Waals surface area contributed by atoms with Gasteiger partial charge in [-0.15, -0.1) is 0 Å². The number of benzene rings is 1. The molecule has 1 aromatic carbocycles. The topological polar surface area (TPSA) is 41.1 Å². The smallest absolute Gasteiger partial charge is 0.225 e. The third-order valence-corrected chi connectivity index (χ3v) is 5.52. The van der Waals surface area contributed by atoms with Gasteiger partial charge >= 0.3 is 0 Å². The van der Waals surface area contributed by atoms with E-state index in [9.17, 15) is 0 Å². The Kier molecular flexibility index (Phi) is 3.94. The molecule has 1 saturated heterocycles. The molecule has 1 atom stereocenters. The molecule has 25 heavy (non-hydrogen) atoms. The maximum Gasteiger partial charge on any atom is 0.225 e. The monoisotopic (exact) mass is 336 g/mol. The number of hydrogen-bond donors (Lipinski definition) is 1. The molecule has 0 aliphatic carbocycles. The van der Waals surface area contributed by atoms with E-state index in [1.165, 1.54) is 35.2 Å². The van der Waals surface area contributed by atoms with E-state index in [2.05, 4.69) is 55.0 Å². The summed E-state index contributed by atoms with van der Waals surface area (Å²) in [6, 6.07) is 6.67. The number of aryl methyl sites for hydroxylation is 1. The highest BCUT2D eigenvalue weighted by molar-refractivity contribution is 5.72. The summed E-state index contributed by atoms with van der Waals surface area (Å²) >= 11 is 0. The molecule has 0 saturated carbocycles. The third kappa shape index (κ3) is 3.10. The van der Waals surface area contributed by atoms with Gasteiger partial charge in [0.1, 0.15) is 0 Å². The quantitative estimate of drug-likeness (QED) is 0.859. The van der Waals surface area contributed by atoms with Crippen LogP contribution >= 0.6 is 0 Å². The zero-order valence-corrected chi connectivity index (χ0v) is 15.8. The van der Waals surface area contributed by atoms with Crippen LogP contribution in [0.1, 0.15) is 57.1 Å². The van der Waals surface area contributed by atoms with Gasteiger partial charge in [-0.2, -0.15) is 0 Å². The van der Waals surface area contributed by atoms with Crippen molar-refractivity contribution in [3.63, 3.8) is 0 Å². The van der Waals surface area contributed by atoms with Crippen LogP contribution in [0, 0.1) is 6.92 Å². The number of hydrogen-bond acceptors (Lipinski definition) is 4. The molecule has 4 heteroatoms. The molecule has 1 N–H and O–H groups in total. The average Bonchev–Trinajstić information content (AvgIpc) is 3.08. The Hall–Kier alpha value is -2.10. The summed E-state index contributed by atoms with van der Waals surface area (Å²) in [5.41, 5.74) is 6.37. The molecular weight excluding hydrogens is 308 g/mol. The van der Waals surface area contributed by atoms with E-state index in [1.54, 1.807) is 0 Å². The minimum atomic E-state index is 0.151. The Morgan fingerprint density at radius 1 is 1.20 bits per heavy atom. The van der Waals surface area contributed by atoms with Crippen molar-refractivity contribution >= 4 is 11.6 Å². The fourth-order valence-electron chi connectivity index (χ4n) is 4.38. The summed E-state index contributed by atoms with van der Waals surface area (Å²) in [7, 11) is 0. The molecule has 4 rings (SSSR count). The van der Waals surface area contributed by atoms with Crippen LogP contribution in [0.4, 0.5) is 11.6 Å². The molecule has 2 aliphatic rings. The van der Waals surface area contributed by atoms with Crippen molar-refractivity contribution < 1.29 is 0 Å². The first-order valence-corrected chi connectivity index (χ1v) is 9.44. The third-order valence-electron chi connectivity index (χ3n) is 5.52. The first-order chi connectivity index (χ1) is 11.9. The highest BCUT2D eigenvalue weighted by Crippen LogP contribution is 2.41. The van der Waals surface area contributed by atoms with Gasteiger partial charge in [0, 0.05) is 36.1 Å². The first-order valence-electron chi connectivity index (χ1n) is 9.44. The molecule has 132 valence electrons. The van der Waals surface area contributed by atoms with Gasteiger partial charge in [-0.05, 0) is 75.3 Å². The van der Waals surface area contributed by atoms with E-state index in [-0.39, 0.29) is 5.54 Å². The molecule has 0 bridgehead atoms. The van der Waals surface area contributed by atoms with Gasteiger partial charge in [0.05, 0.1) is 5.69 Å². The van der Waals surface area contributed by atoms with Crippen molar-refractivity contribution in [2.75, 3.05) is 23.3 Å². The second-order valence-corrected chi connectivity index (χ2v) is 8.30. The maximum atomic E-state index is 4.88. The SMILES string of the molecule is Cc1cc2c(cc1-c1ccnc(N3CCCC3)n1)C(C)CC(C)(C)N2. The Morgan fingerprint density at radius 2 is 1.96 bits per heavy atom. The van der Waals surface area contributed by atoms with Crippen molar-refractivity contribution in [3.8, 4) is 11.3 Å². The number of aromatic nitrogens is 2. The average molecular weight is 336 g/mol. The van der Waals surface area contributed by atoms with Crippen LogP contribution in [-0.2, 0) is 0 Å². The second kappa shape index (κ2) is 6.01. The summed E-state index contributed by atoms with van der Waals surface area (Å²) in [6.45, 7) is 11.2. The number of rotatable bonds is 2. The summed E-state index contributed by atoms with van der Waals surface area (Å²) in [5.74, 6) is 1.42. The van der Waals surface area contributed by atoms with E-state index in [0.29, 0.717) is 5.92 Å². The van der Waals surface area contributed by atoms with Crippen molar-refractivity contribution in [3.05, 3.63) is 35.5 Å². The largest absolute Gasteiger partial charge is 0.380 e. The summed E-state index contributed by atoms with van der Waals surface area (Å²) in [4.78, 5) is 11.7. The zero-order valence-electron chi connectivity index (χ0n) is 15.8. The van der Waals surface area contributed by atoms with Gasteiger partial charge < -0.3 is 10.2 Å². The minimum Gasteiger partial charge on any atom is -0.380 e. The second-order valence-electron chi connectivity index (χ2n) is 8.30. The summed E-state index contributed by atoms with van der Waals surface area (Å²) in [5, 5.41) is 3.70. The molecular formula is C21H28N4. The number of fused-ring (bicyclic) bond motifs is 1. The molecule has 1 unspecified atom stereocenters. The van der Waals surface area contributed by atoms with Gasteiger partial charge in [-0.25, -0.2) is 9.97 Å². The molecule has 0 amide bonds. The normalized spacial score (nSPS) is 21.8. The van der Waals surface area contributed by atoms with Gasteiger partial charge in [-0.1, -0.05) is 6.92 Å². The fourth-order valence-corrected chi connectivity index (χ4v) is 4.38. The highest BCUT2D eigenvalue weighted by Gasteiger charge is 2.30. The fraction of sp³-hybridized carbons (Fsp3) is 0.524. The van der Waals surface area contributed by atoms with E-state index in [1.807, 2.05) is 12.3 Å². The van der Waals surface area contributed by atoms with Crippen molar-refractivity contribution in [1.82, 2.24) is 9.97 Å². The lowest BCUT2D eigenvalue weighted by molar-refractivity contribution is 0.454. The van der Waals surface area contributed by atoms with Crippen LogP contribution < -0.4 is 10.2 Å². The minimum absolute atomic E-state index is 0.151. The van der Waals surface area contributed by atoms with Crippen LogP contribution in [-0.4, -0.2) is 28.6 Å². The van der Waals surface area contributed by atoms with Crippen LogP contribution in [0.2, 0.25) is 0 Å². The zero-order chi connectivity index (χ0) is 17.6. The predicted octanol–water partition coefficient (Wildman–Crippen LogP) is 4.75. The van der Waals surface area contributed by atoms with Gasteiger partial charge in [-0.3, -0.25) is 0 Å². The number of nitrogens with zero attached hydrogens (tertiary/aromatic N) is 3. The van der Waals surface area contributed by atoms with Gasteiger partial charge in [0.15, 0.2) is 0 Å². The van der Waals surface area contributed by atoms with E-state index in [4.69, 9.17) is 4.98 Å². The predicted molar refractivity (Wildman–Crippen MR) is 104 cm³/mol. The standard InChI is InChI=1S/C21H28N4/c1-14-11-19-17(15(2)13-21(3,4)24-19)12-16(14)18-7-8-22-20(23-18)25-9-5-6-10-25/h7-8,11-12,15,24H,5-6,9-10,13H2,1-4H3. The maximum absolute atomic E-state index is 4.88. The number of anilines is 2. The van der Waals surface area contributed by atoms with Crippen LogP contribution in [0.15, 0.2) is 24.4 Å². The molecule has 0 radical (unpaired) electrons. The summed E-state index contributed by atoms with van der Waals surface area (Å²) in [6.07, 6.45) is 5.53. The van der Waals surface area contributed by atoms with E-state index in [0.717, 1.165) is 31.2 Å². The highest BCUT2D eigenvalue weighted by atomic mass is 15.3. The Bertz CT molecular complexity index is 790. The van der Waals surface area contributed by atoms with E-state index >= 15 is 0 Å². The van der Waals surface area contributed by atoms with Crippen molar-refractivity contribution in [2.45, 2.75) is 58.4 Å². The van der Waals surface area contributed by atoms with Crippen molar-refractivity contribution in [1.29, 1.82) is 0 Å². The number of nitrogens with one attached hydrogen (secondary N) is 1. The van der Waals surface area contributed by atoms with E-state index < -0.39 is 0 Å². The molecule has 4 nitrogen and oxygen atoms in total. The van der Waals surface area contributed by atoms with Gasteiger partial charge in [0.25, 0.3) is 0 Å². The van der Waals surface area contributed by atoms with Crippen LogP contribution in [0.3, 0.4) is 0 Å². The first kappa shape index (κ1) is 16.4. The molecule has 3 heterocycles. The Balaban J connectivity index is 1.74. The molecule has 0 spiro atoms. The van der Waals surface area contributed by atoms with Crippen LogP contribution in [0.25, 0.3) is 11.3 Å². The molecule has 1 aromatic heterocycles. The van der Waals surface area contributed by atoms with Crippen LogP contribution in [0.5, 0.6) is 0 Å². The Labute approximate surface area is 150 Å². The summed E-state index contributed by atoms with van der Waals surface area (Å²) < 4.78 is 0. The van der Waals surface area contributed by atoms with Crippen molar-refractivity contribution in [2.24, 2.45) is 0 Å². The molecule has 1 fully saturated rings. The lowest BCUT2D eigenvalue weighted by Crippen LogP contribution is -2.36. The molecule has 2 aliphatic heterocycles. The lowest BCUT2D eigenvalue weighted by Gasteiger charge is -2.38.